The molecule has 0 heterocycles. The Morgan fingerprint density at radius 3 is 2.36 bits per heavy atom. The number of nitrogens with zero attached hydrogens (tertiary/aromatic N) is 1. The van der Waals surface area contributed by atoms with Crippen LogP contribution in [0.2, 0.25) is 0 Å². The second-order valence-corrected chi connectivity index (χ2v) is 5.22. The molecule has 0 aromatic heterocycles. The van der Waals surface area contributed by atoms with Crippen molar-refractivity contribution in [1.29, 1.82) is 5.26 Å². The highest BCUT2D eigenvalue weighted by Gasteiger charge is 2.43. The summed E-state index contributed by atoms with van der Waals surface area (Å²) in [6, 6.07) is 1.99. The van der Waals surface area contributed by atoms with Gasteiger partial charge < -0.3 is 10.1 Å². The molecule has 0 aliphatic heterocycles. The van der Waals surface area contributed by atoms with Gasteiger partial charge in [0.15, 0.2) is 24.0 Å². The molecule has 1 aliphatic rings. The maximum Gasteiger partial charge on any atom is 0.259 e. The number of hydrogen-bond acceptors (Lipinski definition) is 3. The van der Waals surface area contributed by atoms with Crippen molar-refractivity contribution in [2.24, 2.45) is 5.92 Å². The van der Waals surface area contributed by atoms with Crippen LogP contribution in [0, 0.1) is 40.5 Å². The highest BCUT2D eigenvalue weighted by molar-refractivity contribution is 5.79. The van der Waals surface area contributed by atoms with E-state index < -0.39 is 47.1 Å². The molecule has 1 aromatic rings. The van der Waals surface area contributed by atoms with Crippen molar-refractivity contribution >= 4 is 5.91 Å². The van der Waals surface area contributed by atoms with Crippen molar-refractivity contribution in [3.63, 3.8) is 0 Å². The van der Waals surface area contributed by atoms with Crippen LogP contribution in [0.25, 0.3) is 0 Å². The predicted octanol–water partition coefficient (Wildman–Crippen LogP) is 2.43. The molecule has 22 heavy (non-hydrogen) atoms. The fraction of sp³-hybridized carbons (Fsp3) is 0.429. The molecule has 0 saturated heterocycles. The lowest BCUT2D eigenvalue weighted by atomic mass is 9.98. The molecule has 2 rings (SSSR count). The first-order chi connectivity index (χ1) is 10.3. The molecule has 8 heteroatoms. The Balaban J connectivity index is 2.05. The summed E-state index contributed by atoms with van der Waals surface area (Å²) in [5.41, 5.74) is -1.11. The molecular weight excluding hydrogens is 304 g/mol. The van der Waals surface area contributed by atoms with Crippen LogP contribution in [0.3, 0.4) is 0 Å². The van der Waals surface area contributed by atoms with Gasteiger partial charge in [0.1, 0.15) is 5.54 Å². The van der Waals surface area contributed by atoms with Crippen LogP contribution in [-0.4, -0.2) is 18.1 Å². The first-order valence-electron chi connectivity index (χ1n) is 6.46. The summed E-state index contributed by atoms with van der Waals surface area (Å²) in [7, 11) is 0. The lowest BCUT2D eigenvalue weighted by molar-refractivity contribution is -0.124. The van der Waals surface area contributed by atoms with Crippen LogP contribution >= 0.6 is 0 Å². The van der Waals surface area contributed by atoms with E-state index in [1.807, 2.05) is 6.07 Å². The number of carbonyl (C=O) groups is 1. The Labute approximate surface area is 123 Å². The van der Waals surface area contributed by atoms with E-state index in [2.05, 4.69) is 10.1 Å². The van der Waals surface area contributed by atoms with Crippen molar-refractivity contribution in [2.45, 2.75) is 25.3 Å². The number of nitriles is 1. The van der Waals surface area contributed by atoms with Crippen LogP contribution in [0.15, 0.2) is 6.07 Å². The molecule has 1 N–H and O–H groups in total. The molecular formula is C14H12F4N2O2. The molecule has 1 saturated carbocycles. The molecule has 0 bridgehead atoms. The largest absolute Gasteiger partial charge is 0.477 e. The van der Waals surface area contributed by atoms with Crippen LogP contribution in [0.4, 0.5) is 17.6 Å². The quantitative estimate of drug-likeness (QED) is 0.670. The molecule has 0 radical (unpaired) electrons. The van der Waals surface area contributed by atoms with Gasteiger partial charge in [0, 0.05) is 6.07 Å². The Bertz CT molecular complexity index is 629. The number of rotatable bonds is 5. The molecule has 0 spiro atoms. The zero-order valence-corrected chi connectivity index (χ0v) is 11.6. The van der Waals surface area contributed by atoms with Gasteiger partial charge in [-0.3, -0.25) is 4.79 Å². The maximum absolute atomic E-state index is 13.3. The normalized spacial score (nSPS) is 16.5. The molecule has 1 unspecified atom stereocenters. The second-order valence-electron chi connectivity index (χ2n) is 5.22. The van der Waals surface area contributed by atoms with E-state index in [0.717, 1.165) is 12.8 Å². The molecule has 1 amide bonds. The van der Waals surface area contributed by atoms with Gasteiger partial charge in [-0.1, -0.05) is 0 Å². The van der Waals surface area contributed by atoms with Gasteiger partial charge in [-0.25, -0.2) is 8.78 Å². The molecule has 118 valence electrons. The SMILES string of the molecule is CC(C#N)(NC(=O)COc1c(F)c(F)cc(F)c1F)C1CC1. The summed E-state index contributed by atoms with van der Waals surface area (Å²) in [4.78, 5) is 11.7. The summed E-state index contributed by atoms with van der Waals surface area (Å²) in [6.07, 6.45) is 1.56. The van der Waals surface area contributed by atoms with E-state index in [-0.39, 0.29) is 12.0 Å². The minimum Gasteiger partial charge on any atom is -0.477 e. The van der Waals surface area contributed by atoms with E-state index >= 15 is 0 Å². The summed E-state index contributed by atoms with van der Waals surface area (Å²) in [5.74, 6) is -8.84. The van der Waals surface area contributed by atoms with Crippen molar-refractivity contribution < 1.29 is 27.1 Å². The van der Waals surface area contributed by atoms with Crippen molar-refractivity contribution in [2.75, 3.05) is 6.61 Å². The Morgan fingerprint density at radius 1 is 1.36 bits per heavy atom. The molecule has 1 aromatic carbocycles. The Kier molecular flexibility index (Phi) is 4.26. The van der Waals surface area contributed by atoms with Crippen LogP contribution < -0.4 is 10.1 Å². The van der Waals surface area contributed by atoms with Crippen LogP contribution in [-0.2, 0) is 4.79 Å². The van der Waals surface area contributed by atoms with Gasteiger partial charge in [0.25, 0.3) is 5.91 Å². The monoisotopic (exact) mass is 316 g/mol. The average molecular weight is 316 g/mol. The highest BCUT2D eigenvalue weighted by atomic mass is 19.2. The Morgan fingerprint density at radius 2 is 1.91 bits per heavy atom. The minimum absolute atomic E-state index is 0.00142. The van der Waals surface area contributed by atoms with Gasteiger partial charge in [-0.2, -0.15) is 14.0 Å². The second kappa shape index (κ2) is 5.83. The van der Waals surface area contributed by atoms with Gasteiger partial charge in [-0.15, -0.1) is 0 Å². The number of amides is 1. The number of hydrogen-bond donors (Lipinski definition) is 1. The number of nitrogens with one attached hydrogen (secondary N) is 1. The highest BCUT2D eigenvalue weighted by Crippen LogP contribution is 2.39. The lowest BCUT2D eigenvalue weighted by Crippen LogP contribution is -2.48. The summed E-state index contributed by atoms with van der Waals surface area (Å²) < 4.78 is 57.2. The zero-order valence-electron chi connectivity index (χ0n) is 11.6. The molecule has 1 atom stereocenters. The third-order valence-corrected chi connectivity index (χ3v) is 3.44. The van der Waals surface area contributed by atoms with Crippen LogP contribution in [0.5, 0.6) is 5.75 Å². The van der Waals surface area contributed by atoms with Crippen LogP contribution in [0.1, 0.15) is 19.8 Å². The molecule has 1 fully saturated rings. The average Bonchev–Trinajstić information content (AvgIpc) is 3.30. The van der Waals surface area contributed by atoms with E-state index in [1.54, 1.807) is 0 Å². The molecule has 4 nitrogen and oxygen atoms in total. The number of halogens is 4. The van der Waals surface area contributed by atoms with Gasteiger partial charge in [-0.05, 0) is 25.7 Å². The third kappa shape index (κ3) is 3.13. The third-order valence-electron chi connectivity index (χ3n) is 3.44. The van der Waals surface area contributed by atoms with E-state index in [1.165, 1.54) is 6.92 Å². The fourth-order valence-electron chi connectivity index (χ4n) is 2.02. The topological polar surface area (TPSA) is 62.1 Å². The summed E-state index contributed by atoms with van der Waals surface area (Å²) >= 11 is 0. The van der Waals surface area contributed by atoms with E-state index in [0.29, 0.717) is 0 Å². The van der Waals surface area contributed by atoms with Crippen molar-refractivity contribution in [1.82, 2.24) is 5.32 Å². The first-order valence-corrected chi connectivity index (χ1v) is 6.46. The van der Waals surface area contributed by atoms with Gasteiger partial charge in [0.2, 0.25) is 11.6 Å². The first kappa shape index (κ1) is 16.1. The maximum atomic E-state index is 13.3. The summed E-state index contributed by atoms with van der Waals surface area (Å²) in [6.45, 7) is 0.645. The van der Waals surface area contributed by atoms with Gasteiger partial charge >= 0.3 is 0 Å². The minimum atomic E-state index is -1.73. The van der Waals surface area contributed by atoms with E-state index in [9.17, 15) is 22.4 Å². The fourth-order valence-corrected chi connectivity index (χ4v) is 2.02. The van der Waals surface area contributed by atoms with Crippen molar-refractivity contribution in [3.8, 4) is 11.8 Å². The standard InChI is InChI=1S/C14H12F4N2O2/c1-14(6-19,7-2-3-7)20-10(21)5-22-13-11(17)8(15)4-9(16)12(13)18/h4,7H,2-3,5H2,1H3,(H,20,21). The van der Waals surface area contributed by atoms with Gasteiger partial charge in [0.05, 0.1) is 6.07 Å². The van der Waals surface area contributed by atoms with Crippen molar-refractivity contribution in [3.05, 3.63) is 29.3 Å². The number of carbonyl (C=O) groups excluding carboxylic acids is 1. The lowest BCUT2D eigenvalue weighted by Gasteiger charge is -2.22. The number of ether oxygens (including phenoxy) is 1. The predicted molar refractivity (Wildman–Crippen MR) is 66.7 cm³/mol. The number of benzene rings is 1. The zero-order chi connectivity index (χ0) is 16.5. The smallest absolute Gasteiger partial charge is 0.259 e. The van der Waals surface area contributed by atoms with E-state index in [4.69, 9.17) is 5.26 Å². The molecule has 1 aliphatic carbocycles. The summed E-state index contributed by atoms with van der Waals surface area (Å²) in [5, 5.41) is 11.5. The Hall–Kier alpha value is -2.30.